The molecule has 4 aliphatic rings. The van der Waals surface area contributed by atoms with Crippen LogP contribution in [0.3, 0.4) is 0 Å². The van der Waals surface area contributed by atoms with Crippen molar-refractivity contribution in [2.75, 3.05) is 33.4 Å². The van der Waals surface area contributed by atoms with E-state index < -0.39 is 30.3 Å². The summed E-state index contributed by atoms with van der Waals surface area (Å²) in [5, 5.41) is 0. The lowest BCUT2D eigenvalue weighted by Gasteiger charge is -2.48. The number of likely N-dealkylation sites (tertiary alicyclic amines) is 1. The number of piperidine rings is 1. The highest BCUT2D eigenvalue weighted by Gasteiger charge is 2.58. The molecule has 0 radical (unpaired) electrons. The van der Waals surface area contributed by atoms with Crippen LogP contribution >= 0.6 is 0 Å². The van der Waals surface area contributed by atoms with Crippen LogP contribution in [0.1, 0.15) is 39.5 Å². The fraction of sp³-hybridized carbons (Fsp3) is 0.750. The van der Waals surface area contributed by atoms with Gasteiger partial charge in [0.05, 0.1) is 24.0 Å². The SMILES string of the molecule is CCC(OC1C2C=COC2C(OC)C2OC(C)=CC(=O)C12)C(=O)OCCN1CCCCC1. The van der Waals surface area contributed by atoms with Crippen LogP contribution in [0, 0.1) is 11.8 Å². The Morgan fingerprint density at radius 1 is 1.22 bits per heavy atom. The molecule has 32 heavy (non-hydrogen) atoms. The second kappa shape index (κ2) is 10.4. The van der Waals surface area contributed by atoms with Crippen LogP contribution in [-0.2, 0) is 33.3 Å². The monoisotopic (exact) mass is 449 g/mol. The van der Waals surface area contributed by atoms with Crippen molar-refractivity contribution in [3.05, 3.63) is 24.2 Å². The molecule has 0 aromatic carbocycles. The maximum absolute atomic E-state index is 13.0. The van der Waals surface area contributed by atoms with E-state index in [9.17, 15) is 9.59 Å². The summed E-state index contributed by atoms with van der Waals surface area (Å²) >= 11 is 0. The summed E-state index contributed by atoms with van der Waals surface area (Å²) in [6.07, 6.45) is 6.54. The lowest BCUT2D eigenvalue weighted by atomic mass is 9.71. The molecule has 7 unspecified atom stereocenters. The molecule has 0 aromatic heterocycles. The molecule has 8 heteroatoms. The van der Waals surface area contributed by atoms with E-state index in [0.29, 0.717) is 18.8 Å². The Bertz CT molecular complexity index is 745. The molecular formula is C24H35NO7. The minimum absolute atomic E-state index is 0.0714. The molecule has 0 spiro atoms. The molecule has 0 aromatic rings. The fourth-order valence-electron chi connectivity index (χ4n) is 5.35. The van der Waals surface area contributed by atoms with E-state index >= 15 is 0 Å². The molecule has 8 nitrogen and oxygen atoms in total. The van der Waals surface area contributed by atoms with Crippen molar-refractivity contribution < 1.29 is 33.3 Å². The lowest BCUT2D eigenvalue weighted by Crippen LogP contribution is -2.62. The lowest BCUT2D eigenvalue weighted by molar-refractivity contribution is -0.210. The average Bonchev–Trinajstić information content (AvgIpc) is 3.27. The first-order valence-electron chi connectivity index (χ1n) is 11.8. The molecule has 178 valence electrons. The summed E-state index contributed by atoms with van der Waals surface area (Å²) in [6, 6.07) is 0. The van der Waals surface area contributed by atoms with Gasteiger partial charge in [0.1, 0.15) is 24.9 Å². The van der Waals surface area contributed by atoms with Gasteiger partial charge < -0.3 is 23.7 Å². The van der Waals surface area contributed by atoms with Gasteiger partial charge in [0.2, 0.25) is 0 Å². The van der Waals surface area contributed by atoms with Gasteiger partial charge in [0.15, 0.2) is 11.9 Å². The molecular weight excluding hydrogens is 414 g/mol. The topological polar surface area (TPSA) is 83.5 Å². The summed E-state index contributed by atoms with van der Waals surface area (Å²) in [7, 11) is 1.59. The number of methoxy groups -OCH3 is 1. The number of fused-ring (bicyclic) bond motifs is 2. The summed E-state index contributed by atoms with van der Waals surface area (Å²) in [6.45, 7) is 6.84. The Morgan fingerprint density at radius 2 is 2.00 bits per heavy atom. The van der Waals surface area contributed by atoms with Crippen molar-refractivity contribution in [1.82, 2.24) is 4.90 Å². The number of allylic oxidation sites excluding steroid dienone is 2. The van der Waals surface area contributed by atoms with Gasteiger partial charge >= 0.3 is 5.97 Å². The zero-order valence-corrected chi connectivity index (χ0v) is 19.2. The van der Waals surface area contributed by atoms with Crippen molar-refractivity contribution in [2.45, 2.75) is 70.1 Å². The van der Waals surface area contributed by atoms with Gasteiger partial charge in [-0.3, -0.25) is 9.69 Å². The molecule has 1 saturated carbocycles. The second-order valence-electron chi connectivity index (χ2n) is 9.04. The number of hydrogen-bond donors (Lipinski definition) is 0. The predicted octanol–water partition coefficient (Wildman–Crippen LogP) is 2.22. The van der Waals surface area contributed by atoms with Crippen molar-refractivity contribution in [1.29, 1.82) is 0 Å². The summed E-state index contributed by atoms with van der Waals surface area (Å²) in [5.74, 6) is -0.698. The van der Waals surface area contributed by atoms with E-state index in [4.69, 9.17) is 23.7 Å². The minimum atomic E-state index is -0.754. The Hall–Kier alpha value is -1.90. The smallest absolute Gasteiger partial charge is 0.335 e. The zero-order valence-electron chi connectivity index (χ0n) is 19.2. The van der Waals surface area contributed by atoms with Gasteiger partial charge in [-0.05, 0) is 45.4 Å². The van der Waals surface area contributed by atoms with Gasteiger partial charge in [0.25, 0.3) is 0 Å². The van der Waals surface area contributed by atoms with Gasteiger partial charge in [-0.15, -0.1) is 0 Å². The van der Waals surface area contributed by atoms with E-state index in [1.165, 1.54) is 25.3 Å². The number of ether oxygens (including phenoxy) is 5. The van der Waals surface area contributed by atoms with Gasteiger partial charge in [0, 0.05) is 25.6 Å². The standard InChI is InChI=1S/C24H35NO7/c1-4-18(24(27)30-13-11-25-9-6-5-7-10-25)32-20-16-8-12-29-21(16)23(28-3)22-19(20)17(26)14-15(2)31-22/h8,12,14,16,18-23H,4-7,9-11,13H2,1-3H3. The number of nitrogens with zero attached hydrogens (tertiary/aromatic N) is 1. The number of carbonyl (C=O) groups excluding carboxylic acids is 2. The van der Waals surface area contributed by atoms with E-state index in [-0.39, 0.29) is 23.8 Å². The summed E-state index contributed by atoms with van der Waals surface area (Å²) in [5.41, 5.74) is 0. The Morgan fingerprint density at radius 3 is 2.72 bits per heavy atom. The Labute approximate surface area is 189 Å². The molecule has 1 saturated heterocycles. The third-order valence-corrected chi connectivity index (χ3v) is 6.97. The summed E-state index contributed by atoms with van der Waals surface area (Å²) < 4.78 is 29.4. The highest BCUT2D eigenvalue weighted by molar-refractivity contribution is 5.94. The maximum atomic E-state index is 13.0. The fourth-order valence-corrected chi connectivity index (χ4v) is 5.35. The quantitative estimate of drug-likeness (QED) is 0.522. The molecule has 4 rings (SSSR count). The first-order chi connectivity index (χ1) is 15.5. The van der Waals surface area contributed by atoms with Crippen LogP contribution in [0.4, 0.5) is 0 Å². The molecule has 1 aliphatic carbocycles. The molecule has 0 N–H and O–H groups in total. The highest BCUT2D eigenvalue weighted by atomic mass is 16.6. The summed E-state index contributed by atoms with van der Waals surface area (Å²) in [4.78, 5) is 28.2. The normalized spacial score (nSPS) is 35.2. The van der Waals surface area contributed by atoms with Crippen LogP contribution in [0.5, 0.6) is 0 Å². The van der Waals surface area contributed by atoms with Crippen molar-refractivity contribution >= 4 is 11.8 Å². The van der Waals surface area contributed by atoms with Gasteiger partial charge in [-0.1, -0.05) is 13.3 Å². The number of hydrogen-bond acceptors (Lipinski definition) is 8. The Balaban J connectivity index is 1.44. The van der Waals surface area contributed by atoms with Crippen molar-refractivity contribution in [3.8, 4) is 0 Å². The van der Waals surface area contributed by atoms with Crippen LogP contribution in [0.2, 0.25) is 0 Å². The van der Waals surface area contributed by atoms with Crippen LogP contribution < -0.4 is 0 Å². The largest absolute Gasteiger partial charge is 0.495 e. The van der Waals surface area contributed by atoms with E-state index in [2.05, 4.69) is 4.90 Å². The van der Waals surface area contributed by atoms with Crippen LogP contribution in [0.25, 0.3) is 0 Å². The number of carbonyl (C=O) groups is 2. The number of ketones is 1. The molecule has 2 fully saturated rings. The molecule has 0 amide bonds. The van der Waals surface area contributed by atoms with E-state index in [0.717, 1.165) is 19.6 Å². The maximum Gasteiger partial charge on any atom is 0.335 e. The zero-order chi connectivity index (χ0) is 22.7. The van der Waals surface area contributed by atoms with Crippen molar-refractivity contribution in [2.24, 2.45) is 11.8 Å². The van der Waals surface area contributed by atoms with Crippen LogP contribution in [0.15, 0.2) is 24.2 Å². The minimum Gasteiger partial charge on any atom is -0.495 e. The Kier molecular flexibility index (Phi) is 7.53. The molecule has 3 heterocycles. The number of rotatable bonds is 8. The predicted molar refractivity (Wildman–Crippen MR) is 116 cm³/mol. The molecule has 0 bridgehead atoms. The average molecular weight is 450 g/mol. The second-order valence-corrected chi connectivity index (χ2v) is 9.04. The van der Waals surface area contributed by atoms with Gasteiger partial charge in [-0.25, -0.2) is 4.79 Å². The third kappa shape index (κ3) is 4.72. The number of esters is 1. The van der Waals surface area contributed by atoms with Crippen LogP contribution in [-0.4, -0.2) is 80.5 Å². The third-order valence-electron chi connectivity index (χ3n) is 6.97. The first kappa shape index (κ1) is 23.3. The van der Waals surface area contributed by atoms with Crippen molar-refractivity contribution in [3.63, 3.8) is 0 Å². The highest BCUT2D eigenvalue weighted by Crippen LogP contribution is 2.44. The molecule has 7 atom stereocenters. The first-order valence-corrected chi connectivity index (χ1v) is 11.8. The van der Waals surface area contributed by atoms with E-state index in [1.54, 1.807) is 20.3 Å². The molecule has 3 aliphatic heterocycles. The van der Waals surface area contributed by atoms with Gasteiger partial charge in [-0.2, -0.15) is 0 Å². The van der Waals surface area contributed by atoms with E-state index in [1.807, 2.05) is 13.0 Å².